The number of ether oxygens (including phenoxy) is 1. The highest BCUT2D eigenvalue weighted by atomic mass is 16.5. The van der Waals surface area contributed by atoms with Crippen molar-refractivity contribution in [1.82, 2.24) is 9.97 Å². The minimum absolute atomic E-state index is 0.0336. The fraction of sp³-hybridized carbons (Fsp3) is 0.636. The highest BCUT2D eigenvalue weighted by Crippen LogP contribution is 2.35. The largest absolute Gasteiger partial charge is 0.394 e. The second-order valence-corrected chi connectivity index (χ2v) is 5.05. The smallest absolute Gasteiger partial charge is 0.278 e. The van der Waals surface area contributed by atoms with Crippen LogP contribution < -0.4 is 21.1 Å². The molecule has 0 saturated carbocycles. The minimum atomic E-state index is -0.737. The first-order chi connectivity index (χ1) is 9.51. The first-order valence-corrected chi connectivity index (χ1v) is 6.33. The molecule has 9 heteroatoms. The molecule has 3 rings (SSSR count). The van der Waals surface area contributed by atoms with Crippen LogP contribution in [0.5, 0.6) is 0 Å². The number of nitrogen functional groups attached to an aromatic ring is 1. The molecule has 9 nitrogen and oxygen atoms in total. The van der Waals surface area contributed by atoms with Gasteiger partial charge in [-0.15, -0.1) is 0 Å². The van der Waals surface area contributed by atoms with Gasteiger partial charge in [0.25, 0.3) is 5.56 Å². The Bertz CT molecular complexity index is 576. The van der Waals surface area contributed by atoms with Gasteiger partial charge in [-0.05, 0) is 0 Å². The number of nitrogens with zero attached hydrogens (tertiary/aromatic N) is 3. The number of fused-ring (bicyclic) bond motifs is 1. The number of nitrogens with two attached hydrogens (primary N) is 1. The monoisotopic (exact) mass is 283 g/mol. The van der Waals surface area contributed by atoms with Gasteiger partial charge in [0, 0.05) is 13.5 Å². The van der Waals surface area contributed by atoms with Gasteiger partial charge in [0.15, 0.2) is 5.82 Å². The molecule has 20 heavy (non-hydrogen) atoms. The van der Waals surface area contributed by atoms with Crippen molar-refractivity contribution in [2.75, 3.05) is 35.9 Å². The zero-order valence-corrected chi connectivity index (χ0v) is 11.0. The van der Waals surface area contributed by atoms with E-state index in [1.54, 1.807) is 16.8 Å². The van der Waals surface area contributed by atoms with Crippen molar-refractivity contribution in [3.8, 4) is 0 Å². The second kappa shape index (κ2) is 4.62. The lowest BCUT2D eigenvalue weighted by Crippen LogP contribution is -2.38. The average Bonchev–Trinajstić information content (AvgIpc) is 2.90. The molecule has 0 amide bonds. The van der Waals surface area contributed by atoms with Crippen LogP contribution in [0.2, 0.25) is 0 Å². The fourth-order valence-corrected chi connectivity index (χ4v) is 2.68. The number of hydrogen-bond donors (Lipinski definition) is 4. The van der Waals surface area contributed by atoms with E-state index in [0.717, 1.165) is 0 Å². The van der Waals surface area contributed by atoms with Crippen molar-refractivity contribution in [2.24, 2.45) is 0 Å². The average molecular weight is 283 g/mol. The number of aromatic amines is 1. The van der Waals surface area contributed by atoms with Gasteiger partial charge < -0.3 is 30.5 Å². The fourth-order valence-electron chi connectivity index (χ4n) is 2.68. The van der Waals surface area contributed by atoms with Gasteiger partial charge in [0.05, 0.1) is 19.4 Å². The highest BCUT2D eigenvalue weighted by Gasteiger charge is 2.41. The van der Waals surface area contributed by atoms with E-state index in [9.17, 15) is 9.90 Å². The van der Waals surface area contributed by atoms with Crippen LogP contribution in [-0.4, -0.2) is 58.9 Å². The van der Waals surface area contributed by atoms with E-state index in [4.69, 9.17) is 15.6 Å². The molecule has 1 saturated heterocycles. The number of nitrogens with one attached hydrogen (secondary N) is 1. The van der Waals surface area contributed by atoms with Crippen molar-refractivity contribution in [1.29, 1.82) is 0 Å². The molecule has 3 atom stereocenters. The van der Waals surface area contributed by atoms with Crippen LogP contribution >= 0.6 is 0 Å². The first-order valence-electron chi connectivity index (χ1n) is 6.33. The molecule has 3 unspecified atom stereocenters. The SMILES string of the molecule is CN1CN(C2CC(O)C(CO)O2)c2nc(N)[nH]c(=O)c21. The van der Waals surface area contributed by atoms with Crippen LogP contribution in [0, 0.1) is 0 Å². The molecule has 0 radical (unpaired) electrons. The number of rotatable bonds is 2. The molecule has 2 aliphatic heterocycles. The second-order valence-electron chi connectivity index (χ2n) is 5.05. The number of hydrogen-bond acceptors (Lipinski definition) is 8. The van der Waals surface area contributed by atoms with Gasteiger partial charge in [-0.3, -0.25) is 9.78 Å². The molecule has 3 heterocycles. The summed E-state index contributed by atoms with van der Waals surface area (Å²) in [5.41, 5.74) is 5.69. The van der Waals surface area contributed by atoms with Crippen LogP contribution in [0.1, 0.15) is 6.42 Å². The maximum absolute atomic E-state index is 11.9. The van der Waals surface area contributed by atoms with Crippen molar-refractivity contribution in [3.63, 3.8) is 0 Å². The molecule has 0 bridgehead atoms. The molecular weight excluding hydrogens is 266 g/mol. The standard InChI is InChI=1S/C11H17N5O4/c1-15-4-16(7-2-5(18)6(3-17)20-7)9-8(15)10(19)14-11(12)13-9/h5-7,17-18H,2-4H2,1H3,(H3,12,13,14,19). The molecule has 0 aromatic carbocycles. The van der Waals surface area contributed by atoms with E-state index in [1.807, 2.05) is 0 Å². The summed E-state index contributed by atoms with van der Waals surface area (Å²) in [6.07, 6.45) is -1.46. The van der Waals surface area contributed by atoms with Gasteiger partial charge in [0.2, 0.25) is 5.95 Å². The van der Waals surface area contributed by atoms with Crippen LogP contribution in [0.15, 0.2) is 4.79 Å². The molecule has 0 spiro atoms. The number of aliphatic hydroxyl groups excluding tert-OH is 2. The quantitative estimate of drug-likeness (QED) is 0.492. The molecule has 2 aliphatic rings. The van der Waals surface area contributed by atoms with E-state index in [1.165, 1.54) is 0 Å². The Labute approximate surface area is 114 Å². The number of aliphatic hydroxyl groups is 2. The van der Waals surface area contributed by atoms with Crippen LogP contribution in [0.4, 0.5) is 17.5 Å². The van der Waals surface area contributed by atoms with E-state index in [0.29, 0.717) is 24.6 Å². The summed E-state index contributed by atoms with van der Waals surface area (Å²) in [7, 11) is 1.76. The van der Waals surface area contributed by atoms with E-state index >= 15 is 0 Å². The normalized spacial score (nSPS) is 29.1. The number of aromatic nitrogens is 2. The Balaban J connectivity index is 1.94. The first kappa shape index (κ1) is 13.2. The van der Waals surface area contributed by atoms with Crippen LogP contribution in [-0.2, 0) is 4.74 Å². The molecule has 1 aromatic rings. The van der Waals surface area contributed by atoms with E-state index < -0.39 is 18.4 Å². The molecule has 5 N–H and O–H groups in total. The van der Waals surface area contributed by atoms with E-state index in [-0.39, 0.29) is 18.1 Å². The molecular formula is C11H17N5O4. The lowest BCUT2D eigenvalue weighted by molar-refractivity contribution is -0.0220. The maximum atomic E-state index is 11.9. The van der Waals surface area contributed by atoms with Crippen LogP contribution in [0.3, 0.4) is 0 Å². The Kier molecular flexibility index (Phi) is 3.04. The third-order valence-electron chi connectivity index (χ3n) is 3.64. The molecule has 1 fully saturated rings. The lowest BCUT2D eigenvalue weighted by atomic mass is 10.2. The summed E-state index contributed by atoms with van der Waals surface area (Å²) >= 11 is 0. The third kappa shape index (κ3) is 1.90. The summed E-state index contributed by atoms with van der Waals surface area (Å²) in [6, 6.07) is 0. The number of anilines is 3. The maximum Gasteiger partial charge on any atom is 0.278 e. The Morgan fingerprint density at radius 1 is 1.60 bits per heavy atom. The Morgan fingerprint density at radius 3 is 3.00 bits per heavy atom. The van der Waals surface area contributed by atoms with Crippen molar-refractivity contribution < 1.29 is 14.9 Å². The summed E-state index contributed by atoms with van der Waals surface area (Å²) in [6.45, 7) is 0.156. The molecule has 0 aliphatic carbocycles. The van der Waals surface area contributed by atoms with Gasteiger partial charge >= 0.3 is 0 Å². The third-order valence-corrected chi connectivity index (χ3v) is 3.64. The van der Waals surface area contributed by atoms with Gasteiger partial charge in [-0.2, -0.15) is 4.98 Å². The lowest BCUT2D eigenvalue weighted by Gasteiger charge is -2.25. The summed E-state index contributed by atoms with van der Waals surface area (Å²) in [4.78, 5) is 22.0. The summed E-state index contributed by atoms with van der Waals surface area (Å²) < 4.78 is 5.60. The zero-order chi connectivity index (χ0) is 14.4. The van der Waals surface area contributed by atoms with Crippen molar-refractivity contribution >= 4 is 17.5 Å². The summed E-state index contributed by atoms with van der Waals surface area (Å²) in [5, 5.41) is 18.9. The zero-order valence-electron chi connectivity index (χ0n) is 11.0. The van der Waals surface area contributed by atoms with Gasteiger partial charge in [-0.1, -0.05) is 0 Å². The van der Waals surface area contributed by atoms with Crippen molar-refractivity contribution in [3.05, 3.63) is 10.4 Å². The van der Waals surface area contributed by atoms with Gasteiger partial charge in [-0.25, -0.2) is 0 Å². The number of H-pyrrole nitrogens is 1. The predicted octanol–water partition coefficient (Wildman–Crippen LogP) is -1.97. The highest BCUT2D eigenvalue weighted by molar-refractivity contribution is 5.72. The Morgan fingerprint density at radius 2 is 2.35 bits per heavy atom. The topological polar surface area (TPSA) is 128 Å². The van der Waals surface area contributed by atoms with Crippen LogP contribution in [0.25, 0.3) is 0 Å². The minimum Gasteiger partial charge on any atom is -0.394 e. The molecule has 110 valence electrons. The molecule has 1 aromatic heterocycles. The predicted molar refractivity (Wildman–Crippen MR) is 71.4 cm³/mol. The van der Waals surface area contributed by atoms with E-state index in [2.05, 4.69) is 9.97 Å². The Hall–Kier alpha value is -1.84. The summed E-state index contributed by atoms with van der Waals surface area (Å²) in [5.74, 6) is 0.468. The van der Waals surface area contributed by atoms with Gasteiger partial charge in [0.1, 0.15) is 18.0 Å². The van der Waals surface area contributed by atoms with Crippen molar-refractivity contribution in [2.45, 2.75) is 24.9 Å².